The topological polar surface area (TPSA) is 67.9 Å². The van der Waals surface area contributed by atoms with Gasteiger partial charge in [0.2, 0.25) is 0 Å². The second-order valence-electron chi connectivity index (χ2n) is 1.26. The molecule has 0 aliphatic carbocycles. The Labute approximate surface area is 42.0 Å². The maximum absolute atomic E-state index is 8.14. The fourth-order valence-corrected chi connectivity index (χ4v) is 0.119. The summed E-state index contributed by atoms with van der Waals surface area (Å²) in [6.07, 6.45) is 0. The molecule has 0 unspecified atom stereocenters. The SMILES string of the molecule is CC(=N)C(=N)CO. The molecule has 0 amide bonds. The number of hydrogen-bond acceptors (Lipinski definition) is 3. The number of nitrogens with one attached hydrogen (secondary N) is 2. The Morgan fingerprint density at radius 2 is 2.00 bits per heavy atom. The lowest BCUT2D eigenvalue weighted by atomic mass is 10.3. The van der Waals surface area contributed by atoms with Crippen molar-refractivity contribution >= 4 is 11.4 Å². The molecule has 3 N–H and O–H groups in total. The van der Waals surface area contributed by atoms with E-state index in [0.29, 0.717) is 0 Å². The Bertz CT molecular complexity index is 97.9. The lowest BCUT2D eigenvalue weighted by Gasteiger charge is -1.90. The second kappa shape index (κ2) is 2.47. The molecule has 0 aliphatic heterocycles. The van der Waals surface area contributed by atoms with E-state index in [1.807, 2.05) is 0 Å². The molecule has 0 atom stereocenters. The van der Waals surface area contributed by atoms with Crippen LogP contribution in [0.1, 0.15) is 6.92 Å². The summed E-state index contributed by atoms with van der Waals surface area (Å²) >= 11 is 0. The van der Waals surface area contributed by atoms with Crippen molar-refractivity contribution < 1.29 is 5.11 Å². The second-order valence-corrected chi connectivity index (χ2v) is 1.26. The molecule has 0 aromatic heterocycles. The van der Waals surface area contributed by atoms with Gasteiger partial charge in [-0.05, 0) is 6.92 Å². The summed E-state index contributed by atoms with van der Waals surface area (Å²) < 4.78 is 0. The van der Waals surface area contributed by atoms with Crippen LogP contribution in [0, 0.1) is 10.8 Å². The van der Waals surface area contributed by atoms with Gasteiger partial charge in [0.1, 0.15) is 0 Å². The molecule has 0 bridgehead atoms. The van der Waals surface area contributed by atoms with Crippen molar-refractivity contribution in [2.45, 2.75) is 6.92 Å². The van der Waals surface area contributed by atoms with Gasteiger partial charge >= 0.3 is 0 Å². The predicted octanol–water partition coefficient (Wildman–Crippen LogP) is 0.0381. The highest BCUT2D eigenvalue weighted by Gasteiger charge is 1.92. The van der Waals surface area contributed by atoms with Gasteiger partial charge in [-0.15, -0.1) is 0 Å². The molecule has 0 saturated carbocycles. The van der Waals surface area contributed by atoms with E-state index in [1.165, 1.54) is 6.92 Å². The highest BCUT2D eigenvalue weighted by Crippen LogP contribution is 1.71. The van der Waals surface area contributed by atoms with Crippen molar-refractivity contribution in [2.75, 3.05) is 6.61 Å². The molecule has 0 aromatic carbocycles. The number of aliphatic hydroxyl groups excluding tert-OH is 1. The highest BCUT2D eigenvalue weighted by molar-refractivity contribution is 6.39. The molecule has 0 fully saturated rings. The van der Waals surface area contributed by atoms with Crippen molar-refractivity contribution in [1.82, 2.24) is 0 Å². The van der Waals surface area contributed by atoms with E-state index in [0.717, 1.165) is 0 Å². The molecule has 0 spiro atoms. The maximum Gasteiger partial charge on any atom is 0.0863 e. The Kier molecular flexibility index (Phi) is 2.22. The zero-order chi connectivity index (χ0) is 5.86. The fraction of sp³-hybridized carbons (Fsp3) is 0.500. The van der Waals surface area contributed by atoms with Gasteiger partial charge in [-0.2, -0.15) is 0 Å². The Morgan fingerprint density at radius 3 is 2.00 bits per heavy atom. The first kappa shape index (κ1) is 6.30. The molecule has 7 heavy (non-hydrogen) atoms. The third-order valence-electron chi connectivity index (χ3n) is 0.611. The van der Waals surface area contributed by atoms with Crippen LogP contribution in [0.3, 0.4) is 0 Å². The maximum atomic E-state index is 8.14. The summed E-state index contributed by atoms with van der Waals surface area (Å²) in [7, 11) is 0. The summed E-state index contributed by atoms with van der Waals surface area (Å²) in [5, 5.41) is 21.6. The molecule has 40 valence electrons. The van der Waals surface area contributed by atoms with E-state index >= 15 is 0 Å². The molecule has 0 radical (unpaired) electrons. The summed E-state index contributed by atoms with van der Waals surface area (Å²) in [6, 6.07) is 0. The van der Waals surface area contributed by atoms with Gasteiger partial charge in [0.25, 0.3) is 0 Å². The minimum atomic E-state index is -0.324. The van der Waals surface area contributed by atoms with Gasteiger partial charge in [0, 0.05) is 0 Å². The van der Waals surface area contributed by atoms with Gasteiger partial charge in [0.05, 0.1) is 18.0 Å². The summed E-state index contributed by atoms with van der Waals surface area (Å²) in [4.78, 5) is 0. The van der Waals surface area contributed by atoms with Crippen LogP contribution < -0.4 is 0 Å². The summed E-state index contributed by atoms with van der Waals surface area (Å²) in [6.45, 7) is 1.15. The average molecular weight is 100 g/mol. The fourth-order valence-electron chi connectivity index (χ4n) is 0.119. The van der Waals surface area contributed by atoms with Crippen molar-refractivity contribution in [1.29, 1.82) is 10.8 Å². The van der Waals surface area contributed by atoms with Crippen molar-refractivity contribution in [2.24, 2.45) is 0 Å². The Hall–Kier alpha value is -0.700. The highest BCUT2D eigenvalue weighted by atomic mass is 16.3. The average Bonchev–Trinajstić information content (AvgIpc) is 1.65. The number of hydrogen-bond donors (Lipinski definition) is 3. The summed E-state index contributed by atoms with van der Waals surface area (Å²) in [5.41, 5.74) is 0.113. The molecule has 0 aromatic rings. The first-order valence-corrected chi connectivity index (χ1v) is 1.92. The van der Waals surface area contributed by atoms with Crippen LogP contribution in [0.4, 0.5) is 0 Å². The quantitative estimate of drug-likeness (QED) is 0.421. The van der Waals surface area contributed by atoms with Crippen LogP contribution in [0.2, 0.25) is 0 Å². The zero-order valence-electron chi connectivity index (χ0n) is 4.15. The largest absolute Gasteiger partial charge is 0.390 e. The van der Waals surface area contributed by atoms with Crippen LogP contribution in [-0.2, 0) is 0 Å². The first-order chi connectivity index (χ1) is 3.18. The smallest absolute Gasteiger partial charge is 0.0863 e. The lowest BCUT2D eigenvalue weighted by molar-refractivity contribution is 0.358. The van der Waals surface area contributed by atoms with Crippen molar-refractivity contribution in [3.8, 4) is 0 Å². The molecular formula is C4H8N2O. The van der Waals surface area contributed by atoms with E-state index in [2.05, 4.69) is 0 Å². The minimum absolute atomic E-state index is 0.0139. The summed E-state index contributed by atoms with van der Waals surface area (Å²) in [5.74, 6) is 0. The monoisotopic (exact) mass is 100 g/mol. The zero-order valence-corrected chi connectivity index (χ0v) is 4.15. The van der Waals surface area contributed by atoms with Crippen LogP contribution in [0.15, 0.2) is 0 Å². The van der Waals surface area contributed by atoms with Gasteiger partial charge in [0.15, 0.2) is 0 Å². The van der Waals surface area contributed by atoms with Gasteiger partial charge in [-0.3, -0.25) is 0 Å². The van der Waals surface area contributed by atoms with E-state index in [-0.39, 0.29) is 18.0 Å². The minimum Gasteiger partial charge on any atom is -0.390 e. The Morgan fingerprint density at radius 1 is 1.57 bits per heavy atom. The van der Waals surface area contributed by atoms with Crippen molar-refractivity contribution in [3.05, 3.63) is 0 Å². The van der Waals surface area contributed by atoms with Crippen LogP contribution in [0.5, 0.6) is 0 Å². The van der Waals surface area contributed by atoms with Crippen LogP contribution in [-0.4, -0.2) is 23.1 Å². The Balaban J connectivity index is 3.58. The standard InChI is InChI=1S/C4H8N2O/c1-3(5)4(6)2-7/h5-7H,2H2,1H3. The third-order valence-corrected chi connectivity index (χ3v) is 0.611. The molecule has 0 heterocycles. The number of aliphatic hydroxyl groups is 1. The van der Waals surface area contributed by atoms with E-state index in [9.17, 15) is 0 Å². The molecule has 0 rings (SSSR count). The van der Waals surface area contributed by atoms with Crippen LogP contribution >= 0.6 is 0 Å². The van der Waals surface area contributed by atoms with Gasteiger partial charge in [-0.25, -0.2) is 0 Å². The van der Waals surface area contributed by atoms with E-state index in [1.54, 1.807) is 0 Å². The molecule has 3 nitrogen and oxygen atoms in total. The molecule has 0 aliphatic rings. The molecule has 0 saturated heterocycles. The van der Waals surface area contributed by atoms with Crippen molar-refractivity contribution in [3.63, 3.8) is 0 Å². The first-order valence-electron chi connectivity index (χ1n) is 1.92. The molecule has 3 heteroatoms. The third kappa shape index (κ3) is 2.05. The number of rotatable bonds is 2. The predicted molar refractivity (Wildman–Crippen MR) is 28.2 cm³/mol. The van der Waals surface area contributed by atoms with Crippen LogP contribution in [0.25, 0.3) is 0 Å². The van der Waals surface area contributed by atoms with E-state index in [4.69, 9.17) is 15.9 Å². The molecular weight excluding hydrogens is 92.1 g/mol. The lowest BCUT2D eigenvalue weighted by Crippen LogP contribution is -2.11. The van der Waals surface area contributed by atoms with E-state index < -0.39 is 0 Å². The van der Waals surface area contributed by atoms with Gasteiger partial charge in [-0.1, -0.05) is 0 Å². The van der Waals surface area contributed by atoms with Gasteiger partial charge < -0.3 is 15.9 Å². The normalized spacial score (nSPS) is 8.29.